The molecular formula is C15H19NO4. The highest BCUT2D eigenvalue weighted by Gasteiger charge is 2.25. The smallest absolute Gasteiger partial charge is 0.411 e. The van der Waals surface area contributed by atoms with E-state index in [-0.39, 0.29) is 11.4 Å². The van der Waals surface area contributed by atoms with Gasteiger partial charge < -0.3 is 9.84 Å². The average molecular weight is 277 g/mol. The van der Waals surface area contributed by atoms with Gasteiger partial charge in [-0.1, -0.05) is 20.8 Å². The number of amides is 1. The number of anilines is 1. The molecule has 2 rings (SSSR count). The summed E-state index contributed by atoms with van der Waals surface area (Å²) in [5.41, 5.74) is 1.93. The Balaban J connectivity index is 2.13. The molecule has 0 saturated carbocycles. The number of hydrogen-bond acceptors (Lipinski definition) is 3. The highest BCUT2D eigenvalue weighted by Crippen LogP contribution is 2.29. The topological polar surface area (TPSA) is 66.8 Å². The summed E-state index contributed by atoms with van der Waals surface area (Å²) in [4.78, 5) is 24.3. The van der Waals surface area contributed by atoms with E-state index in [1.807, 2.05) is 20.8 Å². The molecule has 5 heteroatoms. The molecule has 108 valence electrons. The van der Waals surface area contributed by atoms with E-state index in [2.05, 4.69) is 0 Å². The van der Waals surface area contributed by atoms with Gasteiger partial charge in [0.05, 0.1) is 17.9 Å². The van der Waals surface area contributed by atoms with Gasteiger partial charge in [-0.2, -0.15) is 0 Å². The lowest BCUT2D eigenvalue weighted by Crippen LogP contribution is -2.26. The molecule has 0 atom stereocenters. The van der Waals surface area contributed by atoms with Gasteiger partial charge in [-0.3, -0.25) is 4.90 Å². The van der Waals surface area contributed by atoms with Crippen molar-refractivity contribution in [2.24, 2.45) is 5.41 Å². The predicted octanol–water partition coefficient (Wildman–Crippen LogP) is 2.93. The molecule has 0 unspecified atom stereocenters. The second-order valence-corrected chi connectivity index (χ2v) is 6.16. The summed E-state index contributed by atoms with van der Waals surface area (Å²) >= 11 is 0. The third kappa shape index (κ3) is 3.10. The van der Waals surface area contributed by atoms with E-state index in [1.54, 1.807) is 18.2 Å². The maximum absolute atomic E-state index is 12.0. The zero-order valence-corrected chi connectivity index (χ0v) is 12.0. The van der Waals surface area contributed by atoms with Crippen LogP contribution in [0.2, 0.25) is 0 Å². The Morgan fingerprint density at radius 1 is 1.35 bits per heavy atom. The molecule has 1 amide bonds. The lowest BCUT2D eigenvalue weighted by Gasteiger charge is -2.18. The van der Waals surface area contributed by atoms with Crippen LogP contribution < -0.4 is 4.90 Å². The van der Waals surface area contributed by atoms with Crippen molar-refractivity contribution in [1.82, 2.24) is 0 Å². The van der Waals surface area contributed by atoms with Crippen molar-refractivity contribution in [2.75, 3.05) is 18.1 Å². The Labute approximate surface area is 118 Å². The maximum Gasteiger partial charge on any atom is 0.411 e. The van der Waals surface area contributed by atoms with Crippen molar-refractivity contribution < 1.29 is 19.4 Å². The first kappa shape index (κ1) is 14.4. The van der Waals surface area contributed by atoms with Gasteiger partial charge in [0, 0.05) is 6.54 Å². The number of ether oxygens (including phenoxy) is 1. The summed E-state index contributed by atoms with van der Waals surface area (Å²) in [6.07, 6.45) is -0.339. The Bertz CT molecular complexity index is 545. The highest BCUT2D eigenvalue weighted by atomic mass is 16.5. The van der Waals surface area contributed by atoms with E-state index in [0.717, 1.165) is 5.56 Å². The van der Waals surface area contributed by atoms with Gasteiger partial charge in [0.1, 0.15) is 0 Å². The third-order valence-corrected chi connectivity index (χ3v) is 3.08. The third-order valence-electron chi connectivity index (χ3n) is 3.08. The second-order valence-electron chi connectivity index (χ2n) is 6.16. The van der Waals surface area contributed by atoms with Crippen molar-refractivity contribution in [3.8, 4) is 0 Å². The molecule has 20 heavy (non-hydrogen) atoms. The number of fused-ring (bicyclic) bond motifs is 1. The number of carbonyl (C=O) groups is 2. The number of carbonyl (C=O) groups excluding carboxylic acids is 1. The van der Waals surface area contributed by atoms with Gasteiger partial charge in [0.25, 0.3) is 0 Å². The van der Waals surface area contributed by atoms with Crippen molar-refractivity contribution >= 4 is 17.7 Å². The Kier molecular flexibility index (Phi) is 3.70. The van der Waals surface area contributed by atoms with E-state index in [9.17, 15) is 9.59 Å². The zero-order valence-electron chi connectivity index (χ0n) is 12.0. The van der Waals surface area contributed by atoms with Crippen LogP contribution >= 0.6 is 0 Å². The van der Waals surface area contributed by atoms with Gasteiger partial charge >= 0.3 is 12.1 Å². The molecule has 0 aliphatic carbocycles. The van der Waals surface area contributed by atoms with Gasteiger partial charge in [-0.15, -0.1) is 0 Å². The summed E-state index contributed by atoms with van der Waals surface area (Å²) in [6, 6.07) is 5.01. The van der Waals surface area contributed by atoms with E-state index >= 15 is 0 Å². The normalized spacial score (nSPS) is 14.1. The van der Waals surface area contributed by atoms with Crippen molar-refractivity contribution in [3.05, 3.63) is 29.3 Å². The van der Waals surface area contributed by atoms with Gasteiger partial charge in [0.2, 0.25) is 0 Å². The number of esters is 1. The van der Waals surface area contributed by atoms with Gasteiger partial charge in [0.15, 0.2) is 0 Å². The molecule has 5 nitrogen and oxygen atoms in total. The second kappa shape index (κ2) is 5.15. The molecule has 1 heterocycles. The number of rotatable bonds is 2. The summed E-state index contributed by atoms with van der Waals surface area (Å²) in [5.74, 6) is -0.364. The van der Waals surface area contributed by atoms with Crippen molar-refractivity contribution in [3.63, 3.8) is 0 Å². The molecule has 1 aliphatic rings. The highest BCUT2D eigenvalue weighted by molar-refractivity contribution is 5.93. The van der Waals surface area contributed by atoms with Crippen LogP contribution in [0.4, 0.5) is 10.5 Å². The minimum absolute atomic E-state index is 0.0769. The largest absolute Gasteiger partial charge is 0.465 e. The standard InChI is InChI=1S/C15H19NO4/c1-15(2,3)9-20-13(17)11-4-5-12-10(8-11)6-7-16(12)14(18)19/h4-5,8H,6-7,9H2,1-3H3,(H,18,19). The minimum atomic E-state index is -0.966. The number of hydrogen-bond donors (Lipinski definition) is 1. The number of carboxylic acid groups (broad SMARTS) is 1. The summed E-state index contributed by atoms with van der Waals surface area (Å²) in [5, 5.41) is 9.05. The van der Waals surface area contributed by atoms with E-state index in [1.165, 1.54) is 4.90 Å². The number of nitrogens with zero attached hydrogens (tertiary/aromatic N) is 1. The summed E-state index contributed by atoms with van der Waals surface area (Å²) in [6.45, 7) is 6.77. The lowest BCUT2D eigenvalue weighted by molar-refractivity contribution is 0.0367. The van der Waals surface area contributed by atoms with Gasteiger partial charge in [-0.05, 0) is 35.6 Å². The van der Waals surface area contributed by atoms with Crippen molar-refractivity contribution in [2.45, 2.75) is 27.2 Å². The van der Waals surface area contributed by atoms with Crippen LogP contribution in [0.1, 0.15) is 36.7 Å². The predicted molar refractivity (Wildman–Crippen MR) is 75.3 cm³/mol. The fraction of sp³-hybridized carbons (Fsp3) is 0.467. The summed E-state index contributed by atoms with van der Waals surface area (Å²) in [7, 11) is 0. The fourth-order valence-corrected chi connectivity index (χ4v) is 2.09. The quantitative estimate of drug-likeness (QED) is 0.844. The molecule has 1 aromatic rings. The summed E-state index contributed by atoms with van der Waals surface area (Å²) < 4.78 is 5.26. The van der Waals surface area contributed by atoms with E-state index < -0.39 is 6.09 Å². The molecule has 0 bridgehead atoms. The molecule has 0 aromatic heterocycles. The van der Waals surface area contributed by atoms with Crippen LogP contribution in [0, 0.1) is 5.41 Å². The Morgan fingerprint density at radius 3 is 2.65 bits per heavy atom. The average Bonchev–Trinajstić information content (AvgIpc) is 2.77. The first-order chi connectivity index (χ1) is 9.28. The molecular weight excluding hydrogens is 258 g/mol. The Hall–Kier alpha value is -2.04. The molecule has 1 N–H and O–H groups in total. The fourth-order valence-electron chi connectivity index (χ4n) is 2.09. The van der Waals surface area contributed by atoms with Crippen LogP contribution in [0.5, 0.6) is 0 Å². The van der Waals surface area contributed by atoms with E-state index in [0.29, 0.717) is 30.8 Å². The van der Waals surface area contributed by atoms with Crippen molar-refractivity contribution in [1.29, 1.82) is 0 Å². The molecule has 1 aliphatic heterocycles. The zero-order chi connectivity index (χ0) is 14.9. The van der Waals surface area contributed by atoms with Crippen LogP contribution in [0.15, 0.2) is 18.2 Å². The molecule has 1 aromatic carbocycles. The first-order valence-corrected chi connectivity index (χ1v) is 6.58. The maximum atomic E-state index is 12.0. The monoisotopic (exact) mass is 277 g/mol. The van der Waals surface area contributed by atoms with Crippen LogP contribution in [-0.2, 0) is 11.2 Å². The van der Waals surface area contributed by atoms with Gasteiger partial charge in [-0.25, -0.2) is 9.59 Å². The first-order valence-electron chi connectivity index (χ1n) is 6.58. The molecule has 0 spiro atoms. The Morgan fingerprint density at radius 2 is 2.05 bits per heavy atom. The van der Waals surface area contributed by atoms with Crippen LogP contribution in [0.3, 0.4) is 0 Å². The van der Waals surface area contributed by atoms with Crippen LogP contribution in [0.25, 0.3) is 0 Å². The molecule has 0 saturated heterocycles. The number of benzene rings is 1. The molecule has 0 fully saturated rings. The van der Waals surface area contributed by atoms with E-state index in [4.69, 9.17) is 9.84 Å². The minimum Gasteiger partial charge on any atom is -0.465 e. The molecule has 0 radical (unpaired) electrons. The van der Waals surface area contributed by atoms with Crippen LogP contribution in [-0.4, -0.2) is 30.3 Å². The SMILES string of the molecule is CC(C)(C)COC(=O)c1ccc2c(c1)CCN2C(=O)O. The lowest BCUT2D eigenvalue weighted by atomic mass is 9.99.